The van der Waals surface area contributed by atoms with Crippen LogP contribution in [-0.4, -0.2) is 21.7 Å². The maximum Gasteiger partial charge on any atom is 0.174 e. The second kappa shape index (κ2) is 3.75. The van der Waals surface area contributed by atoms with E-state index in [1.54, 1.807) is 11.3 Å². The smallest absolute Gasteiger partial charge is 0.174 e. The van der Waals surface area contributed by atoms with Crippen molar-refractivity contribution in [3.63, 3.8) is 0 Å². The molecule has 3 nitrogen and oxygen atoms in total. The van der Waals surface area contributed by atoms with Crippen LogP contribution in [0.25, 0.3) is 0 Å². The summed E-state index contributed by atoms with van der Waals surface area (Å²) in [6, 6.07) is 0. The van der Waals surface area contributed by atoms with Gasteiger partial charge >= 0.3 is 0 Å². The number of hydrogen-bond acceptors (Lipinski definition) is 5. The van der Waals surface area contributed by atoms with Gasteiger partial charge in [-0.1, -0.05) is 23.1 Å². The highest BCUT2D eigenvalue weighted by atomic mass is 32.2. The topological polar surface area (TPSA) is 42.9 Å². The molecule has 0 radical (unpaired) electrons. The summed E-state index contributed by atoms with van der Waals surface area (Å²) in [5, 5.41) is 8.80. The molecule has 0 saturated heterocycles. The van der Waals surface area contributed by atoms with Crippen molar-refractivity contribution < 1.29 is 4.79 Å². The number of carbonyl (C=O) groups is 1. The predicted molar refractivity (Wildman–Crippen MR) is 53.1 cm³/mol. The van der Waals surface area contributed by atoms with Gasteiger partial charge in [-0.15, -0.1) is 10.2 Å². The lowest BCUT2D eigenvalue weighted by atomic mass is 10.3. The molecular formula is C8H10N2OS2. The highest BCUT2D eigenvalue weighted by Crippen LogP contribution is 2.32. The van der Waals surface area contributed by atoms with E-state index >= 15 is 0 Å². The van der Waals surface area contributed by atoms with Crippen LogP contribution in [0.4, 0.5) is 0 Å². The SMILES string of the molecule is Cc1nnc(SCC(=O)C2CC2)s1. The molecule has 5 heteroatoms. The van der Waals surface area contributed by atoms with Crippen molar-refractivity contribution in [2.24, 2.45) is 5.92 Å². The molecule has 1 aliphatic rings. The fourth-order valence-corrected chi connectivity index (χ4v) is 2.78. The van der Waals surface area contributed by atoms with E-state index in [2.05, 4.69) is 10.2 Å². The first kappa shape index (κ1) is 9.15. The molecule has 0 amide bonds. The van der Waals surface area contributed by atoms with Gasteiger partial charge in [0, 0.05) is 5.92 Å². The molecule has 0 aliphatic heterocycles. The minimum absolute atomic E-state index is 0.363. The molecule has 1 saturated carbocycles. The van der Waals surface area contributed by atoms with Crippen LogP contribution in [-0.2, 0) is 4.79 Å². The molecule has 0 aromatic carbocycles. The highest BCUT2D eigenvalue weighted by molar-refractivity contribution is 8.01. The Morgan fingerprint density at radius 1 is 1.62 bits per heavy atom. The average molecular weight is 214 g/mol. The Labute approximate surface area is 84.9 Å². The molecule has 1 heterocycles. The third-order valence-electron chi connectivity index (χ3n) is 1.88. The third-order valence-corrected chi connectivity index (χ3v) is 3.87. The lowest BCUT2D eigenvalue weighted by Crippen LogP contribution is -2.02. The minimum Gasteiger partial charge on any atom is -0.298 e. The van der Waals surface area contributed by atoms with Crippen molar-refractivity contribution >= 4 is 28.9 Å². The Balaban J connectivity index is 1.81. The number of ketones is 1. The first-order valence-corrected chi connectivity index (χ1v) is 6.01. The van der Waals surface area contributed by atoms with Crippen LogP contribution in [0.1, 0.15) is 17.8 Å². The van der Waals surface area contributed by atoms with Crippen LogP contribution in [0.5, 0.6) is 0 Å². The van der Waals surface area contributed by atoms with E-state index in [-0.39, 0.29) is 0 Å². The molecule has 70 valence electrons. The zero-order valence-electron chi connectivity index (χ0n) is 7.32. The summed E-state index contributed by atoms with van der Waals surface area (Å²) in [4.78, 5) is 11.3. The van der Waals surface area contributed by atoms with Crippen LogP contribution in [0.2, 0.25) is 0 Å². The van der Waals surface area contributed by atoms with E-state index in [0.29, 0.717) is 17.5 Å². The van der Waals surface area contributed by atoms with E-state index in [1.807, 2.05) is 6.92 Å². The fraction of sp³-hybridized carbons (Fsp3) is 0.625. The molecule has 0 atom stereocenters. The third kappa shape index (κ3) is 2.51. The number of carbonyl (C=O) groups excluding carboxylic acids is 1. The quantitative estimate of drug-likeness (QED) is 0.718. The molecular weight excluding hydrogens is 204 g/mol. The molecule has 0 spiro atoms. The number of thioether (sulfide) groups is 1. The van der Waals surface area contributed by atoms with E-state index in [4.69, 9.17) is 0 Å². The van der Waals surface area contributed by atoms with Crippen molar-refractivity contribution in [1.29, 1.82) is 0 Å². The molecule has 2 rings (SSSR count). The zero-order valence-corrected chi connectivity index (χ0v) is 8.95. The Bertz CT molecular complexity index is 320. The van der Waals surface area contributed by atoms with Gasteiger partial charge in [-0.3, -0.25) is 4.79 Å². The highest BCUT2D eigenvalue weighted by Gasteiger charge is 2.29. The van der Waals surface area contributed by atoms with Gasteiger partial charge in [-0.25, -0.2) is 0 Å². The maximum absolute atomic E-state index is 11.3. The molecule has 0 N–H and O–H groups in total. The van der Waals surface area contributed by atoms with Crippen LogP contribution >= 0.6 is 23.1 Å². The predicted octanol–water partition coefficient (Wildman–Crippen LogP) is 1.92. The van der Waals surface area contributed by atoms with Crippen molar-refractivity contribution in [3.8, 4) is 0 Å². The van der Waals surface area contributed by atoms with Gasteiger partial charge in [0.15, 0.2) is 4.34 Å². The van der Waals surface area contributed by atoms with E-state index in [9.17, 15) is 4.79 Å². The summed E-state index contributed by atoms with van der Waals surface area (Å²) in [6.45, 7) is 1.92. The second-order valence-corrected chi connectivity index (χ2v) is 5.52. The number of nitrogens with zero attached hydrogens (tertiary/aromatic N) is 2. The van der Waals surface area contributed by atoms with Crippen LogP contribution in [0, 0.1) is 12.8 Å². The standard InChI is InChI=1S/C8H10N2OS2/c1-5-9-10-8(13-5)12-4-7(11)6-2-3-6/h6H,2-4H2,1H3. The van der Waals surface area contributed by atoms with Crippen LogP contribution in [0.15, 0.2) is 4.34 Å². The Hall–Kier alpha value is -0.420. The summed E-state index contributed by atoms with van der Waals surface area (Å²) in [5.74, 6) is 1.30. The number of Topliss-reactive ketones (excluding diaryl/α,β-unsaturated/α-hetero) is 1. The average Bonchev–Trinajstić information content (AvgIpc) is 2.87. The fourth-order valence-electron chi connectivity index (χ4n) is 0.993. The van der Waals surface area contributed by atoms with Crippen LogP contribution in [0.3, 0.4) is 0 Å². The maximum atomic E-state index is 11.3. The summed E-state index contributed by atoms with van der Waals surface area (Å²) < 4.78 is 0.909. The lowest BCUT2D eigenvalue weighted by molar-refractivity contribution is -0.117. The van der Waals surface area contributed by atoms with Gasteiger partial charge in [-0.05, 0) is 19.8 Å². The van der Waals surface area contributed by atoms with Crippen molar-refractivity contribution in [3.05, 3.63) is 5.01 Å². The van der Waals surface area contributed by atoms with Crippen molar-refractivity contribution in [2.75, 3.05) is 5.75 Å². The zero-order chi connectivity index (χ0) is 9.26. The Morgan fingerprint density at radius 2 is 2.38 bits per heavy atom. The van der Waals surface area contributed by atoms with Gasteiger partial charge in [0.2, 0.25) is 0 Å². The summed E-state index contributed by atoms with van der Waals surface area (Å²) in [7, 11) is 0. The van der Waals surface area contributed by atoms with Gasteiger partial charge in [0.1, 0.15) is 10.8 Å². The Morgan fingerprint density at radius 3 is 2.92 bits per heavy atom. The number of aryl methyl sites for hydroxylation is 1. The molecule has 1 aromatic heterocycles. The van der Waals surface area contributed by atoms with E-state index < -0.39 is 0 Å². The van der Waals surface area contributed by atoms with Gasteiger partial charge in [0.05, 0.1) is 5.75 Å². The van der Waals surface area contributed by atoms with Gasteiger partial charge in [-0.2, -0.15) is 0 Å². The second-order valence-electron chi connectivity index (χ2n) is 3.12. The number of rotatable bonds is 4. The largest absolute Gasteiger partial charge is 0.298 e. The summed E-state index contributed by atoms with van der Waals surface area (Å²) in [6.07, 6.45) is 2.18. The van der Waals surface area contributed by atoms with Crippen molar-refractivity contribution in [1.82, 2.24) is 10.2 Å². The molecule has 1 fully saturated rings. The number of hydrogen-bond donors (Lipinski definition) is 0. The van der Waals surface area contributed by atoms with E-state index in [0.717, 1.165) is 22.2 Å². The summed E-state index contributed by atoms with van der Waals surface area (Å²) in [5.41, 5.74) is 0. The molecule has 0 unspecified atom stereocenters. The first-order valence-electron chi connectivity index (χ1n) is 4.21. The lowest BCUT2D eigenvalue weighted by Gasteiger charge is -1.93. The minimum atomic E-state index is 0.363. The van der Waals surface area contributed by atoms with E-state index in [1.165, 1.54) is 11.8 Å². The van der Waals surface area contributed by atoms with Crippen LogP contribution < -0.4 is 0 Å². The number of aromatic nitrogens is 2. The molecule has 1 aromatic rings. The normalized spacial score (nSPS) is 16.1. The summed E-state index contributed by atoms with van der Waals surface area (Å²) >= 11 is 3.06. The van der Waals surface area contributed by atoms with Crippen molar-refractivity contribution in [2.45, 2.75) is 24.1 Å². The molecule has 13 heavy (non-hydrogen) atoms. The monoisotopic (exact) mass is 214 g/mol. The van der Waals surface area contributed by atoms with Gasteiger partial charge in [0.25, 0.3) is 0 Å². The first-order chi connectivity index (χ1) is 6.25. The van der Waals surface area contributed by atoms with Gasteiger partial charge < -0.3 is 0 Å². The molecule has 0 bridgehead atoms. The Kier molecular flexibility index (Phi) is 2.64. The molecule has 1 aliphatic carbocycles.